The second-order valence-corrected chi connectivity index (χ2v) is 9.54. The second-order valence-electron chi connectivity index (χ2n) is 7.69. The lowest BCUT2D eigenvalue weighted by Gasteiger charge is -2.21. The number of anilines is 1. The molecule has 0 aliphatic carbocycles. The molecule has 0 amide bonds. The summed E-state index contributed by atoms with van der Waals surface area (Å²) in [5, 5.41) is 0. The topological polar surface area (TPSA) is 167 Å². The van der Waals surface area contributed by atoms with Gasteiger partial charge in [-0.1, -0.05) is 0 Å². The average Bonchev–Trinajstić information content (AvgIpc) is 3.13. The van der Waals surface area contributed by atoms with Gasteiger partial charge in [0.1, 0.15) is 25.1 Å². The van der Waals surface area contributed by atoms with Gasteiger partial charge < -0.3 is 33.6 Å². The fourth-order valence-electron chi connectivity index (χ4n) is 2.48. The predicted octanol–water partition coefficient (Wildman–Crippen LogP) is 1.90. The van der Waals surface area contributed by atoms with Gasteiger partial charge in [0.25, 0.3) is 0 Å². The maximum absolute atomic E-state index is 13.1. The fraction of sp³-hybridized carbons (Fsp3) is 0.632. The average molecular weight is 487 g/mol. The van der Waals surface area contributed by atoms with Crippen molar-refractivity contribution in [3.05, 3.63) is 12.7 Å². The van der Waals surface area contributed by atoms with E-state index in [1.54, 1.807) is 39.2 Å². The molecule has 2 heterocycles. The van der Waals surface area contributed by atoms with Gasteiger partial charge in [0.05, 0.1) is 31.2 Å². The van der Waals surface area contributed by atoms with E-state index < -0.39 is 45.2 Å². The van der Waals surface area contributed by atoms with Crippen LogP contribution in [0.3, 0.4) is 0 Å². The molecule has 0 bridgehead atoms. The zero-order valence-corrected chi connectivity index (χ0v) is 20.2. The molecule has 2 aromatic heterocycles. The molecule has 2 aromatic rings. The van der Waals surface area contributed by atoms with Gasteiger partial charge in [-0.15, -0.1) is 0 Å². The lowest BCUT2D eigenvalue weighted by Crippen LogP contribution is -2.23. The highest BCUT2D eigenvalue weighted by atomic mass is 31.2. The summed E-state index contributed by atoms with van der Waals surface area (Å²) in [4.78, 5) is 36.3. The van der Waals surface area contributed by atoms with E-state index in [9.17, 15) is 14.2 Å². The Hall–Kier alpha value is -2.60. The van der Waals surface area contributed by atoms with Crippen LogP contribution >= 0.6 is 7.60 Å². The number of rotatable bonds is 13. The van der Waals surface area contributed by atoms with Crippen LogP contribution in [-0.2, 0) is 44.0 Å². The summed E-state index contributed by atoms with van der Waals surface area (Å²) in [6.07, 6.45) is 1.12. The lowest BCUT2D eigenvalue weighted by molar-refractivity contribution is -0.146. The molecule has 0 aliphatic rings. The monoisotopic (exact) mass is 487 g/mol. The number of imidazole rings is 1. The Morgan fingerprint density at radius 3 is 2.09 bits per heavy atom. The summed E-state index contributed by atoms with van der Waals surface area (Å²) in [6, 6.07) is 0. The van der Waals surface area contributed by atoms with Crippen LogP contribution in [0.15, 0.2) is 12.7 Å². The zero-order chi connectivity index (χ0) is 24.6. The van der Waals surface area contributed by atoms with Gasteiger partial charge in [-0.3, -0.25) is 0 Å². The van der Waals surface area contributed by atoms with E-state index in [0.29, 0.717) is 11.2 Å². The zero-order valence-electron chi connectivity index (χ0n) is 19.3. The summed E-state index contributed by atoms with van der Waals surface area (Å²) in [7, 11) is -4.30. The van der Waals surface area contributed by atoms with Gasteiger partial charge in [0.15, 0.2) is 17.8 Å². The van der Waals surface area contributed by atoms with Crippen molar-refractivity contribution in [2.45, 2.75) is 59.5 Å². The van der Waals surface area contributed by atoms with Crippen molar-refractivity contribution in [2.24, 2.45) is 0 Å². The molecule has 13 nitrogen and oxygen atoms in total. The number of hydrogen-bond donors (Lipinski definition) is 1. The standard InChI is InChI=1S/C19H30N5O8P/c1-12(2)28-7-15(25)31-33(27,32-16(26)8-29-13(3)4)11-30-14(5)6-24-10-23-17-18(20)21-9-22-19(17)24/h9-10,12-14H,6-8,11H2,1-5H3,(H2,20,21,22)/t14-/m1/s1. The fourth-order valence-corrected chi connectivity index (χ4v) is 3.79. The van der Waals surface area contributed by atoms with Crippen molar-refractivity contribution in [1.29, 1.82) is 0 Å². The number of nitrogens with zero attached hydrogens (tertiary/aromatic N) is 4. The molecule has 0 spiro atoms. The maximum atomic E-state index is 13.1. The molecule has 33 heavy (non-hydrogen) atoms. The van der Waals surface area contributed by atoms with Gasteiger partial charge in [0, 0.05) is 0 Å². The SMILES string of the molecule is CC(C)OCC(=O)OP(=O)(CO[C@H](C)Cn1cnc2c(N)ncnc21)OC(=O)COC(C)C. The molecule has 0 aromatic carbocycles. The summed E-state index contributed by atoms with van der Waals surface area (Å²) in [5.41, 5.74) is 6.72. The van der Waals surface area contributed by atoms with Crippen LogP contribution in [0.4, 0.5) is 5.82 Å². The molecular formula is C19H30N5O8P. The number of carbonyl (C=O) groups is 2. The Balaban J connectivity index is 2.03. The van der Waals surface area contributed by atoms with Crippen LogP contribution in [0.2, 0.25) is 0 Å². The smallest absolute Gasteiger partial charge is 0.382 e. The van der Waals surface area contributed by atoms with E-state index in [-0.39, 0.29) is 24.6 Å². The molecule has 0 saturated carbocycles. The molecule has 0 unspecified atom stereocenters. The molecule has 2 N–H and O–H groups in total. The second kappa shape index (κ2) is 12.0. The Labute approximate surface area is 191 Å². The number of ether oxygens (including phenoxy) is 3. The van der Waals surface area contributed by atoms with Gasteiger partial charge in [-0.2, -0.15) is 0 Å². The molecule has 1 atom stereocenters. The molecule has 14 heteroatoms. The highest BCUT2D eigenvalue weighted by Gasteiger charge is 2.34. The third-order valence-corrected chi connectivity index (χ3v) is 5.38. The van der Waals surface area contributed by atoms with Crippen LogP contribution in [-0.4, -0.2) is 69.3 Å². The van der Waals surface area contributed by atoms with Crippen LogP contribution in [0.1, 0.15) is 34.6 Å². The van der Waals surface area contributed by atoms with Crippen molar-refractivity contribution >= 4 is 36.5 Å². The summed E-state index contributed by atoms with van der Waals surface area (Å²) in [6.45, 7) is 7.91. The van der Waals surface area contributed by atoms with E-state index >= 15 is 0 Å². The van der Waals surface area contributed by atoms with Crippen molar-refractivity contribution < 1.29 is 37.4 Å². The number of carbonyl (C=O) groups excluding carboxylic acids is 2. The van der Waals surface area contributed by atoms with Crippen molar-refractivity contribution in [3.63, 3.8) is 0 Å². The van der Waals surface area contributed by atoms with Crippen LogP contribution < -0.4 is 5.73 Å². The third kappa shape index (κ3) is 8.69. The summed E-state index contributed by atoms with van der Waals surface area (Å²) >= 11 is 0. The van der Waals surface area contributed by atoms with Gasteiger partial charge in [-0.25, -0.2) is 29.1 Å². The number of aromatic nitrogens is 4. The Kier molecular flexibility index (Phi) is 9.71. The number of fused-ring (bicyclic) bond motifs is 1. The highest BCUT2D eigenvalue weighted by molar-refractivity contribution is 7.54. The van der Waals surface area contributed by atoms with Gasteiger partial charge in [-0.05, 0) is 34.6 Å². The molecule has 0 fully saturated rings. The minimum Gasteiger partial charge on any atom is -0.382 e. The molecular weight excluding hydrogens is 457 g/mol. The van der Waals surface area contributed by atoms with Crippen LogP contribution in [0.5, 0.6) is 0 Å². The first-order valence-electron chi connectivity index (χ1n) is 10.3. The highest BCUT2D eigenvalue weighted by Crippen LogP contribution is 2.48. The van der Waals surface area contributed by atoms with E-state index in [0.717, 1.165) is 0 Å². The largest absolute Gasteiger partial charge is 0.460 e. The van der Waals surface area contributed by atoms with Crippen molar-refractivity contribution in [2.75, 3.05) is 25.3 Å². The summed E-state index contributed by atoms with van der Waals surface area (Å²) < 4.78 is 40.6. The van der Waals surface area contributed by atoms with E-state index in [1.165, 1.54) is 12.7 Å². The molecule has 0 radical (unpaired) electrons. The number of nitrogens with two attached hydrogens (primary N) is 1. The predicted molar refractivity (Wildman–Crippen MR) is 117 cm³/mol. The molecule has 2 rings (SSSR count). The molecule has 184 valence electrons. The Bertz CT molecular complexity index is 966. The minimum atomic E-state index is -4.30. The number of nitrogen functional groups attached to an aromatic ring is 1. The van der Waals surface area contributed by atoms with Crippen molar-refractivity contribution in [1.82, 2.24) is 19.5 Å². The van der Waals surface area contributed by atoms with Gasteiger partial charge in [0.2, 0.25) is 0 Å². The van der Waals surface area contributed by atoms with Crippen LogP contribution in [0, 0.1) is 0 Å². The van der Waals surface area contributed by atoms with E-state index in [4.69, 9.17) is 29.0 Å². The summed E-state index contributed by atoms with van der Waals surface area (Å²) in [5.74, 6) is -1.66. The first-order valence-corrected chi connectivity index (χ1v) is 12.0. The first-order chi connectivity index (χ1) is 15.5. The number of hydrogen-bond acceptors (Lipinski definition) is 12. The maximum Gasteiger partial charge on any atom is 0.460 e. The quantitative estimate of drug-likeness (QED) is 0.408. The van der Waals surface area contributed by atoms with E-state index in [1.807, 2.05) is 0 Å². The molecule has 0 saturated heterocycles. The normalized spacial score (nSPS) is 12.9. The first kappa shape index (κ1) is 26.7. The van der Waals surface area contributed by atoms with E-state index in [2.05, 4.69) is 15.0 Å². The van der Waals surface area contributed by atoms with Gasteiger partial charge >= 0.3 is 19.5 Å². The lowest BCUT2D eigenvalue weighted by atomic mass is 10.4. The Morgan fingerprint density at radius 2 is 1.55 bits per heavy atom. The van der Waals surface area contributed by atoms with Crippen LogP contribution in [0.25, 0.3) is 11.2 Å². The Morgan fingerprint density at radius 1 is 0.970 bits per heavy atom. The molecule has 0 aliphatic heterocycles. The van der Waals surface area contributed by atoms with Crippen molar-refractivity contribution in [3.8, 4) is 0 Å². The third-order valence-electron chi connectivity index (χ3n) is 3.95. The minimum absolute atomic E-state index is 0.239.